The van der Waals surface area contributed by atoms with E-state index in [9.17, 15) is 0 Å². The van der Waals surface area contributed by atoms with Crippen LogP contribution in [0.3, 0.4) is 0 Å². The van der Waals surface area contributed by atoms with Crippen molar-refractivity contribution in [3.63, 3.8) is 0 Å². The van der Waals surface area contributed by atoms with Crippen molar-refractivity contribution in [2.24, 2.45) is 0 Å². The molecule has 1 aromatic rings. The fourth-order valence-electron chi connectivity index (χ4n) is 3.09. The Bertz CT molecular complexity index is 484. The summed E-state index contributed by atoms with van der Waals surface area (Å²) in [6.45, 7) is 9.34. The molecule has 3 heteroatoms. The minimum absolute atomic E-state index is 0.163. The maximum Gasteiger partial charge on any atom is 0.161 e. The number of hydrogen-bond acceptors (Lipinski definition) is 3. The molecule has 0 aliphatic carbocycles. The van der Waals surface area contributed by atoms with Crippen molar-refractivity contribution in [2.75, 3.05) is 13.7 Å². The smallest absolute Gasteiger partial charge is 0.161 e. The number of unbranched alkanes of at least 4 members (excludes halogenated alkanes) is 6. The fourth-order valence-corrected chi connectivity index (χ4v) is 3.09. The zero-order valence-electron chi connectivity index (χ0n) is 17.1. The molecular weight excluding hydrogens is 324 g/mol. The summed E-state index contributed by atoms with van der Waals surface area (Å²) >= 11 is 0. The Morgan fingerprint density at radius 2 is 1.73 bits per heavy atom. The largest absolute Gasteiger partial charge is 0.490 e. The number of rotatable bonds is 16. The predicted molar refractivity (Wildman–Crippen MR) is 110 cm³/mol. The monoisotopic (exact) mass is 362 g/mol. The maximum absolute atomic E-state index is 6.28. The van der Waals surface area contributed by atoms with Crippen LogP contribution >= 0.6 is 0 Å². The maximum atomic E-state index is 6.28. The van der Waals surface area contributed by atoms with Gasteiger partial charge in [0, 0.05) is 13.5 Å². The van der Waals surface area contributed by atoms with Gasteiger partial charge < -0.3 is 14.2 Å². The third kappa shape index (κ3) is 9.28. The van der Waals surface area contributed by atoms with Crippen LogP contribution in [0.25, 0.3) is 0 Å². The molecule has 0 aliphatic rings. The summed E-state index contributed by atoms with van der Waals surface area (Å²) in [5.41, 5.74) is 1.09. The lowest BCUT2D eigenvalue weighted by atomic mass is 10.0. The van der Waals surface area contributed by atoms with Gasteiger partial charge in [-0.05, 0) is 37.5 Å². The molecule has 0 heterocycles. The second kappa shape index (κ2) is 14.7. The molecular formula is C23H38O3. The average molecular weight is 363 g/mol. The molecule has 0 radical (unpaired) electrons. The zero-order chi connectivity index (χ0) is 19.0. The summed E-state index contributed by atoms with van der Waals surface area (Å²) in [5, 5.41) is 0. The van der Waals surface area contributed by atoms with E-state index >= 15 is 0 Å². The Labute approximate surface area is 160 Å². The molecule has 1 rings (SSSR count). The van der Waals surface area contributed by atoms with E-state index < -0.39 is 0 Å². The summed E-state index contributed by atoms with van der Waals surface area (Å²) in [6.07, 6.45) is 13.2. The standard InChI is InChI=1S/C23H38O3/c1-5-8-9-10-11-12-13-15-21(14-6-2)26-22-17-16-20(19-24-4)18-23(22)25-7-3/h6,16-18,21H,2,5,7-15,19H2,1,3-4H3. The van der Waals surface area contributed by atoms with Crippen molar-refractivity contribution in [3.05, 3.63) is 36.4 Å². The van der Waals surface area contributed by atoms with Crippen LogP contribution in [0.1, 0.15) is 77.2 Å². The zero-order valence-corrected chi connectivity index (χ0v) is 17.1. The van der Waals surface area contributed by atoms with Gasteiger partial charge >= 0.3 is 0 Å². The quantitative estimate of drug-likeness (QED) is 0.242. The van der Waals surface area contributed by atoms with Crippen molar-refractivity contribution < 1.29 is 14.2 Å². The first-order chi connectivity index (χ1) is 12.7. The molecule has 1 unspecified atom stereocenters. The number of ether oxygens (including phenoxy) is 3. The molecule has 1 atom stereocenters. The van der Waals surface area contributed by atoms with Gasteiger partial charge in [-0.1, -0.05) is 57.6 Å². The van der Waals surface area contributed by atoms with Gasteiger partial charge in [-0.25, -0.2) is 0 Å². The molecule has 0 amide bonds. The van der Waals surface area contributed by atoms with E-state index in [2.05, 4.69) is 13.5 Å². The van der Waals surface area contributed by atoms with E-state index in [1.54, 1.807) is 7.11 Å². The third-order valence-corrected chi connectivity index (χ3v) is 4.47. The lowest BCUT2D eigenvalue weighted by Crippen LogP contribution is -2.16. The summed E-state index contributed by atoms with van der Waals surface area (Å²) < 4.78 is 17.3. The van der Waals surface area contributed by atoms with Crippen LogP contribution in [0.15, 0.2) is 30.9 Å². The molecule has 0 fully saturated rings. The van der Waals surface area contributed by atoms with E-state index in [0.29, 0.717) is 13.2 Å². The van der Waals surface area contributed by atoms with Crippen LogP contribution in [-0.2, 0) is 11.3 Å². The Kier molecular flexibility index (Phi) is 12.7. The number of benzene rings is 1. The number of methoxy groups -OCH3 is 1. The summed E-state index contributed by atoms with van der Waals surface area (Å²) in [4.78, 5) is 0. The molecule has 1 aromatic carbocycles. The van der Waals surface area contributed by atoms with Crippen LogP contribution in [0, 0.1) is 0 Å². The van der Waals surface area contributed by atoms with Crippen molar-refractivity contribution >= 4 is 0 Å². The van der Waals surface area contributed by atoms with Crippen molar-refractivity contribution in [1.29, 1.82) is 0 Å². The SMILES string of the molecule is C=CCC(CCCCCCCCC)Oc1ccc(COC)cc1OCC. The van der Waals surface area contributed by atoms with Crippen LogP contribution in [0.5, 0.6) is 11.5 Å². The molecule has 0 bridgehead atoms. The lowest BCUT2D eigenvalue weighted by Gasteiger charge is -2.20. The number of hydrogen-bond donors (Lipinski definition) is 0. The van der Waals surface area contributed by atoms with Crippen LogP contribution in [-0.4, -0.2) is 19.8 Å². The van der Waals surface area contributed by atoms with E-state index in [1.165, 1.54) is 44.9 Å². The van der Waals surface area contributed by atoms with Gasteiger partial charge in [-0.15, -0.1) is 6.58 Å². The second-order valence-corrected chi connectivity index (χ2v) is 6.82. The van der Waals surface area contributed by atoms with Crippen molar-refractivity contribution in [3.8, 4) is 11.5 Å². The highest BCUT2D eigenvalue weighted by atomic mass is 16.5. The predicted octanol–water partition coefficient (Wildman–Crippen LogP) is 6.70. The van der Waals surface area contributed by atoms with Gasteiger partial charge in [0.1, 0.15) is 6.10 Å². The molecule has 0 spiro atoms. The fraction of sp³-hybridized carbons (Fsp3) is 0.652. The molecule has 148 valence electrons. The molecule has 0 aliphatic heterocycles. The average Bonchev–Trinajstić information content (AvgIpc) is 2.63. The summed E-state index contributed by atoms with van der Waals surface area (Å²) in [6, 6.07) is 6.06. The Morgan fingerprint density at radius 1 is 1.00 bits per heavy atom. The minimum Gasteiger partial charge on any atom is -0.490 e. The minimum atomic E-state index is 0.163. The van der Waals surface area contributed by atoms with Crippen LogP contribution < -0.4 is 9.47 Å². The molecule has 0 aromatic heterocycles. The normalized spacial score (nSPS) is 12.0. The first kappa shape index (κ1) is 22.6. The van der Waals surface area contributed by atoms with E-state index in [-0.39, 0.29) is 6.10 Å². The van der Waals surface area contributed by atoms with Crippen molar-refractivity contribution in [2.45, 2.75) is 84.3 Å². The summed E-state index contributed by atoms with van der Waals surface area (Å²) in [7, 11) is 1.70. The van der Waals surface area contributed by atoms with Gasteiger partial charge in [0.25, 0.3) is 0 Å². The van der Waals surface area contributed by atoms with Gasteiger partial charge in [0.15, 0.2) is 11.5 Å². The first-order valence-corrected chi connectivity index (χ1v) is 10.3. The highest BCUT2D eigenvalue weighted by molar-refractivity contribution is 5.43. The lowest BCUT2D eigenvalue weighted by molar-refractivity contribution is 0.176. The summed E-state index contributed by atoms with van der Waals surface area (Å²) in [5.74, 6) is 1.62. The molecule has 0 saturated heterocycles. The van der Waals surface area contributed by atoms with E-state index in [0.717, 1.165) is 29.9 Å². The van der Waals surface area contributed by atoms with Gasteiger partial charge in [-0.2, -0.15) is 0 Å². The van der Waals surface area contributed by atoms with E-state index in [1.807, 2.05) is 31.2 Å². The molecule has 3 nitrogen and oxygen atoms in total. The van der Waals surface area contributed by atoms with Gasteiger partial charge in [-0.3, -0.25) is 0 Å². The highest BCUT2D eigenvalue weighted by Gasteiger charge is 2.13. The molecule has 0 N–H and O–H groups in total. The first-order valence-electron chi connectivity index (χ1n) is 10.3. The molecule has 26 heavy (non-hydrogen) atoms. The topological polar surface area (TPSA) is 27.7 Å². The Morgan fingerprint density at radius 3 is 2.38 bits per heavy atom. The Balaban J connectivity index is 2.55. The third-order valence-electron chi connectivity index (χ3n) is 4.47. The Hall–Kier alpha value is -1.48. The van der Waals surface area contributed by atoms with Gasteiger partial charge in [0.2, 0.25) is 0 Å². The van der Waals surface area contributed by atoms with Crippen molar-refractivity contribution in [1.82, 2.24) is 0 Å². The van der Waals surface area contributed by atoms with E-state index in [4.69, 9.17) is 14.2 Å². The molecule has 0 saturated carbocycles. The highest BCUT2D eigenvalue weighted by Crippen LogP contribution is 2.31. The second-order valence-electron chi connectivity index (χ2n) is 6.82. The van der Waals surface area contributed by atoms with Crippen LogP contribution in [0.2, 0.25) is 0 Å². The van der Waals surface area contributed by atoms with Gasteiger partial charge in [0.05, 0.1) is 13.2 Å². The van der Waals surface area contributed by atoms with Crippen LogP contribution in [0.4, 0.5) is 0 Å².